The standard InChI is InChI=1S/C12H14ClNO2/c1-16-11-4-2-8(7-10(11)13)6-9-3-5-12(15)14-9/h2,4,7,9H,3,5-6H2,1H3,(H,14,15). The quantitative estimate of drug-likeness (QED) is 0.878. The van der Waals surface area contributed by atoms with E-state index < -0.39 is 0 Å². The summed E-state index contributed by atoms with van der Waals surface area (Å²) in [7, 11) is 1.60. The van der Waals surface area contributed by atoms with Crippen LogP contribution in [0.3, 0.4) is 0 Å². The van der Waals surface area contributed by atoms with Crippen LogP contribution in [0.15, 0.2) is 18.2 Å². The number of amides is 1. The maximum Gasteiger partial charge on any atom is 0.220 e. The largest absolute Gasteiger partial charge is 0.495 e. The minimum atomic E-state index is 0.143. The van der Waals surface area contributed by atoms with Crippen LogP contribution in [-0.2, 0) is 11.2 Å². The Morgan fingerprint density at radius 2 is 2.38 bits per heavy atom. The molecule has 0 aromatic heterocycles. The van der Waals surface area contributed by atoms with E-state index in [2.05, 4.69) is 5.32 Å². The van der Waals surface area contributed by atoms with Crippen LogP contribution in [-0.4, -0.2) is 19.1 Å². The van der Waals surface area contributed by atoms with Crippen LogP contribution in [0, 0.1) is 0 Å². The maximum atomic E-state index is 11.1. The lowest BCUT2D eigenvalue weighted by atomic mass is 10.0. The highest BCUT2D eigenvalue weighted by atomic mass is 35.5. The Morgan fingerprint density at radius 1 is 1.56 bits per heavy atom. The van der Waals surface area contributed by atoms with Gasteiger partial charge < -0.3 is 10.1 Å². The molecule has 1 unspecified atom stereocenters. The Hall–Kier alpha value is -1.22. The third kappa shape index (κ3) is 2.47. The average Bonchev–Trinajstić information content (AvgIpc) is 2.64. The number of halogens is 1. The van der Waals surface area contributed by atoms with E-state index in [0.717, 1.165) is 18.4 Å². The summed E-state index contributed by atoms with van der Waals surface area (Å²) < 4.78 is 5.09. The van der Waals surface area contributed by atoms with E-state index in [1.165, 1.54) is 0 Å². The van der Waals surface area contributed by atoms with E-state index in [-0.39, 0.29) is 11.9 Å². The Morgan fingerprint density at radius 3 is 2.94 bits per heavy atom. The molecule has 1 N–H and O–H groups in total. The number of benzene rings is 1. The van der Waals surface area contributed by atoms with E-state index in [1.807, 2.05) is 18.2 Å². The molecule has 0 radical (unpaired) electrons. The molecule has 1 amide bonds. The molecule has 0 spiro atoms. The van der Waals surface area contributed by atoms with Crippen molar-refractivity contribution >= 4 is 17.5 Å². The van der Waals surface area contributed by atoms with Gasteiger partial charge in [-0.2, -0.15) is 0 Å². The van der Waals surface area contributed by atoms with Crippen molar-refractivity contribution in [2.24, 2.45) is 0 Å². The van der Waals surface area contributed by atoms with Crippen LogP contribution in [0.2, 0.25) is 5.02 Å². The van der Waals surface area contributed by atoms with Gasteiger partial charge in [0.1, 0.15) is 5.75 Å². The zero-order chi connectivity index (χ0) is 11.5. The third-order valence-electron chi connectivity index (χ3n) is 2.78. The van der Waals surface area contributed by atoms with Crippen molar-refractivity contribution in [2.45, 2.75) is 25.3 Å². The van der Waals surface area contributed by atoms with E-state index in [1.54, 1.807) is 7.11 Å². The zero-order valence-electron chi connectivity index (χ0n) is 9.13. The van der Waals surface area contributed by atoms with E-state index >= 15 is 0 Å². The Kier molecular flexibility index (Phi) is 3.34. The lowest BCUT2D eigenvalue weighted by Gasteiger charge is -2.11. The molecule has 0 bridgehead atoms. The second kappa shape index (κ2) is 4.74. The predicted molar refractivity (Wildman–Crippen MR) is 62.9 cm³/mol. The molecular weight excluding hydrogens is 226 g/mol. The Balaban J connectivity index is 2.04. The van der Waals surface area contributed by atoms with Gasteiger partial charge in [0.25, 0.3) is 0 Å². The van der Waals surface area contributed by atoms with Crippen molar-refractivity contribution in [3.05, 3.63) is 28.8 Å². The molecule has 1 saturated heterocycles. The molecule has 0 saturated carbocycles. The first-order valence-corrected chi connectivity index (χ1v) is 5.68. The molecule has 4 heteroatoms. The maximum absolute atomic E-state index is 11.1. The van der Waals surface area contributed by atoms with Crippen molar-refractivity contribution in [1.82, 2.24) is 5.32 Å². The van der Waals surface area contributed by atoms with E-state index in [9.17, 15) is 4.79 Å². The van der Waals surface area contributed by atoms with Gasteiger partial charge in [0.15, 0.2) is 0 Å². The first kappa shape index (κ1) is 11.3. The molecule has 1 aromatic carbocycles. The molecule has 1 aliphatic heterocycles. The van der Waals surface area contributed by atoms with Gasteiger partial charge in [-0.1, -0.05) is 17.7 Å². The summed E-state index contributed by atoms with van der Waals surface area (Å²) in [5.74, 6) is 0.825. The Bertz CT molecular complexity index is 406. The van der Waals surface area contributed by atoms with Gasteiger partial charge in [-0.25, -0.2) is 0 Å². The second-order valence-corrected chi connectivity index (χ2v) is 4.38. The molecule has 1 aliphatic rings. The summed E-state index contributed by atoms with van der Waals surface area (Å²) in [4.78, 5) is 11.1. The van der Waals surface area contributed by atoms with E-state index in [0.29, 0.717) is 17.2 Å². The fourth-order valence-corrected chi connectivity index (χ4v) is 2.23. The van der Waals surface area contributed by atoms with Crippen molar-refractivity contribution < 1.29 is 9.53 Å². The van der Waals surface area contributed by atoms with Gasteiger partial charge in [0.05, 0.1) is 12.1 Å². The lowest BCUT2D eigenvalue weighted by Crippen LogP contribution is -2.27. The fraction of sp³-hybridized carbons (Fsp3) is 0.417. The normalized spacial score (nSPS) is 19.6. The van der Waals surface area contributed by atoms with Gasteiger partial charge in [-0.05, 0) is 30.5 Å². The summed E-state index contributed by atoms with van der Waals surface area (Å²) in [5.41, 5.74) is 1.12. The van der Waals surface area contributed by atoms with Gasteiger partial charge in [-0.15, -0.1) is 0 Å². The highest BCUT2D eigenvalue weighted by Gasteiger charge is 2.20. The lowest BCUT2D eigenvalue weighted by molar-refractivity contribution is -0.119. The topological polar surface area (TPSA) is 38.3 Å². The number of methoxy groups -OCH3 is 1. The predicted octanol–water partition coefficient (Wildman–Crippen LogP) is 2.17. The molecule has 1 fully saturated rings. The van der Waals surface area contributed by atoms with Crippen LogP contribution in [0.1, 0.15) is 18.4 Å². The molecule has 0 aliphatic carbocycles. The molecule has 86 valence electrons. The summed E-state index contributed by atoms with van der Waals surface area (Å²) >= 11 is 6.03. The third-order valence-corrected chi connectivity index (χ3v) is 3.08. The fourth-order valence-electron chi connectivity index (χ4n) is 1.95. The molecule has 1 atom stereocenters. The number of carbonyl (C=O) groups is 1. The second-order valence-electron chi connectivity index (χ2n) is 3.98. The number of hydrogen-bond donors (Lipinski definition) is 1. The van der Waals surface area contributed by atoms with Crippen molar-refractivity contribution in [2.75, 3.05) is 7.11 Å². The van der Waals surface area contributed by atoms with Crippen LogP contribution < -0.4 is 10.1 Å². The number of carbonyl (C=O) groups excluding carboxylic acids is 1. The van der Waals surface area contributed by atoms with Crippen LogP contribution in [0.25, 0.3) is 0 Å². The van der Waals surface area contributed by atoms with Crippen molar-refractivity contribution in [1.29, 1.82) is 0 Å². The summed E-state index contributed by atoms with van der Waals surface area (Å²) in [6, 6.07) is 5.98. The Labute approximate surface area is 99.7 Å². The summed E-state index contributed by atoms with van der Waals surface area (Å²) in [6.45, 7) is 0. The van der Waals surface area contributed by atoms with Crippen molar-refractivity contribution in [3.8, 4) is 5.75 Å². The van der Waals surface area contributed by atoms with Gasteiger partial charge >= 0.3 is 0 Å². The highest BCUT2D eigenvalue weighted by molar-refractivity contribution is 6.32. The van der Waals surface area contributed by atoms with Gasteiger partial charge in [0, 0.05) is 12.5 Å². The molecule has 2 rings (SSSR count). The van der Waals surface area contributed by atoms with E-state index in [4.69, 9.17) is 16.3 Å². The summed E-state index contributed by atoms with van der Waals surface area (Å²) in [6.07, 6.45) is 2.37. The first-order chi connectivity index (χ1) is 7.69. The molecule has 3 nitrogen and oxygen atoms in total. The first-order valence-electron chi connectivity index (χ1n) is 5.31. The van der Waals surface area contributed by atoms with Crippen molar-refractivity contribution in [3.63, 3.8) is 0 Å². The number of ether oxygens (including phenoxy) is 1. The minimum Gasteiger partial charge on any atom is -0.495 e. The summed E-state index contributed by atoms with van der Waals surface area (Å²) in [5, 5.41) is 3.55. The van der Waals surface area contributed by atoms with Gasteiger partial charge in [0.2, 0.25) is 5.91 Å². The average molecular weight is 240 g/mol. The van der Waals surface area contributed by atoms with Crippen LogP contribution in [0.5, 0.6) is 5.75 Å². The smallest absolute Gasteiger partial charge is 0.220 e. The molecule has 1 heterocycles. The number of rotatable bonds is 3. The monoisotopic (exact) mass is 239 g/mol. The van der Waals surface area contributed by atoms with Crippen LogP contribution >= 0.6 is 11.6 Å². The number of nitrogens with one attached hydrogen (secondary N) is 1. The molecule has 1 aromatic rings. The zero-order valence-corrected chi connectivity index (χ0v) is 9.88. The highest BCUT2D eigenvalue weighted by Crippen LogP contribution is 2.26. The molecular formula is C12H14ClNO2. The van der Waals surface area contributed by atoms with Crippen LogP contribution in [0.4, 0.5) is 0 Å². The van der Waals surface area contributed by atoms with Gasteiger partial charge in [-0.3, -0.25) is 4.79 Å². The SMILES string of the molecule is COc1ccc(CC2CCC(=O)N2)cc1Cl. The number of hydrogen-bond acceptors (Lipinski definition) is 2. The minimum absolute atomic E-state index is 0.143. The molecule has 16 heavy (non-hydrogen) atoms.